The molecule has 0 bridgehead atoms. The van der Waals surface area contributed by atoms with Crippen LogP contribution >= 0.6 is 0 Å². The van der Waals surface area contributed by atoms with Gasteiger partial charge in [-0.25, -0.2) is 0 Å². The predicted octanol–water partition coefficient (Wildman–Crippen LogP) is 1.18. The zero-order valence-electron chi connectivity index (χ0n) is 10.7. The number of nitrogens with one attached hydrogen (secondary N) is 1. The summed E-state index contributed by atoms with van der Waals surface area (Å²) in [4.78, 5) is 22.7. The SMILES string of the molecule is CC1OC(=O)CC(NCc2ccccc2)C1C(=O)O. The normalized spacial score (nSPS) is 26.8. The van der Waals surface area contributed by atoms with Gasteiger partial charge in [-0.15, -0.1) is 0 Å². The molecule has 2 N–H and O–H groups in total. The highest BCUT2D eigenvalue weighted by atomic mass is 16.5. The summed E-state index contributed by atoms with van der Waals surface area (Å²) >= 11 is 0. The molecule has 0 aromatic heterocycles. The fourth-order valence-electron chi connectivity index (χ4n) is 2.38. The summed E-state index contributed by atoms with van der Waals surface area (Å²) < 4.78 is 4.98. The first-order valence-corrected chi connectivity index (χ1v) is 6.27. The molecule has 1 aliphatic rings. The van der Waals surface area contributed by atoms with Crippen LogP contribution in [-0.4, -0.2) is 29.2 Å². The summed E-state index contributed by atoms with van der Waals surface area (Å²) in [5.41, 5.74) is 1.05. The fraction of sp³-hybridized carbons (Fsp3) is 0.429. The Morgan fingerprint density at radius 3 is 2.74 bits per heavy atom. The van der Waals surface area contributed by atoms with E-state index >= 15 is 0 Å². The Kier molecular flexibility index (Phi) is 4.16. The molecule has 1 aromatic rings. The predicted molar refractivity (Wildman–Crippen MR) is 68.4 cm³/mol. The summed E-state index contributed by atoms with van der Waals surface area (Å²) in [5, 5.41) is 12.4. The van der Waals surface area contributed by atoms with Crippen LogP contribution in [0.15, 0.2) is 30.3 Å². The van der Waals surface area contributed by atoms with E-state index in [1.807, 2.05) is 30.3 Å². The minimum Gasteiger partial charge on any atom is -0.481 e. The number of aliphatic carboxylic acids is 1. The molecule has 1 saturated heterocycles. The molecule has 19 heavy (non-hydrogen) atoms. The van der Waals surface area contributed by atoms with Gasteiger partial charge in [0.1, 0.15) is 12.0 Å². The molecule has 1 aliphatic heterocycles. The third kappa shape index (κ3) is 3.32. The molecule has 1 heterocycles. The standard InChI is InChI=1S/C14H17NO4/c1-9-13(14(17)18)11(7-12(16)19-9)15-8-10-5-3-2-4-6-10/h2-6,9,11,13,15H,7-8H2,1H3,(H,17,18). The van der Waals surface area contributed by atoms with Gasteiger partial charge in [-0.3, -0.25) is 9.59 Å². The largest absolute Gasteiger partial charge is 0.481 e. The van der Waals surface area contributed by atoms with Gasteiger partial charge in [0.2, 0.25) is 0 Å². The first kappa shape index (κ1) is 13.5. The maximum absolute atomic E-state index is 11.4. The van der Waals surface area contributed by atoms with Crippen molar-refractivity contribution < 1.29 is 19.4 Å². The third-order valence-corrected chi connectivity index (χ3v) is 3.34. The minimum atomic E-state index is -0.939. The van der Waals surface area contributed by atoms with Gasteiger partial charge in [0, 0.05) is 12.6 Å². The van der Waals surface area contributed by atoms with Gasteiger partial charge in [-0.05, 0) is 12.5 Å². The maximum atomic E-state index is 11.4. The van der Waals surface area contributed by atoms with Crippen LogP contribution in [0.25, 0.3) is 0 Å². The number of carboxylic acids is 1. The van der Waals surface area contributed by atoms with Crippen molar-refractivity contribution in [2.45, 2.75) is 32.0 Å². The monoisotopic (exact) mass is 263 g/mol. The second-order valence-corrected chi connectivity index (χ2v) is 4.74. The molecule has 1 aromatic carbocycles. The quantitative estimate of drug-likeness (QED) is 0.798. The number of hydrogen-bond donors (Lipinski definition) is 2. The molecular formula is C14H17NO4. The summed E-state index contributed by atoms with van der Waals surface area (Å²) in [6.45, 7) is 2.16. The van der Waals surface area contributed by atoms with Crippen molar-refractivity contribution in [3.05, 3.63) is 35.9 Å². The highest BCUT2D eigenvalue weighted by molar-refractivity contribution is 5.78. The van der Waals surface area contributed by atoms with Gasteiger partial charge < -0.3 is 15.2 Å². The summed E-state index contributed by atoms with van der Waals surface area (Å²) in [6.07, 6.45) is -0.513. The Bertz CT molecular complexity index is 460. The van der Waals surface area contributed by atoms with Crippen LogP contribution < -0.4 is 5.32 Å². The number of cyclic esters (lactones) is 1. The van der Waals surface area contributed by atoms with E-state index in [4.69, 9.17) is 4.74 Å². The molecule has 0 spiro atoms. The van der Waals surface area contributed by atoms with Gasteiger partial charge in [0.05, 0.1) is 6.42 Å². The maximum Gasteiger partial charge on any atom is 0.311 e. The number of rotatable bonds is 4. The van der Waals surface area contributed by atoms with Gasteiger partial charge >= 0.3 is 11.9 Å². The van der Waals surface area contributed by atoms with Crippen molar-refractivity contribution in [1.82, 2.24) is 5.32 Å². The topological polar surface area (TPSA) is 75.6 Å². The van der Waals surface area contributed by atoms with Gasteiger partial charge in [0.15, 0.2) is 0 Å². The van der Waals surface area contributed by atoms with Crippen LogP contribution in [-0.2, 0) is 20.9 Å². The van der Waals surface area contributed by atoms with E-state index in [2.05, 4.69) is 5.32 Å². The lowest BCUT2D eigenvalue weighted by atomic mass is 9.89. The zero-order valence-corrected chi connectivity index (χ0v) is 10.7. The molecule has 3 atom stereocenters. The van der Waals surface area contributed by atoms with E-state index in [1.165, 1.54) is 0 Å². The number of ether oxygens (including phenoxy) is 1. The van der Waals surface area contributed by atoms with Crippen molar-refractivity contribution in [1.29, 1.82) is 0 Å². The van der Waals surface area contributed by atoms with E-state index in [0.29, 0.717) is 6.54 Å². The molecule has 5 nitrogen and oxygen atoms in total. The highest BCUT2D eigenvalue weighted by Gasteiger charge is 2.40. The van der Waals surface area contributed by atoms with E-state index in [-0.39, 0.29) is 12.4 Å². The molecule has 3 unspecified atom stereocenters. The zero-order chi connectivity index (χ0) is 13.8. The van der Waals surface area contributed by atoms with E-state index in [9.17, 15) is 14.7 Å². The fourth-order valence-corrected chi connectivity index (χ4v) is 2.38. The van der Waals surface area contributed by atoms with Crippen LogP contribution in [0, 0.1) is 5.92 Å². The van der Waals surface area contributed by atoms with Crippen molar-refractivity contribution in [3.63, 3.8) is 0 Å². The highest BCUT2D eigenvalue weighted by Crippen LogP contribution is 2.23. The Labute approximate surface area is 111 Å². The summed E-state index contributed by atoms with van der Waals surface area (Å²) in [5.74, 6) is -2.00. The Balaban J connectivity index is 2.03. The van der Waals surface area contributed by atoms with Crippen LogP contribution in [0.3, 0.4) is 0 Å². The van der Waals surface area contributed by atoms with Crippen LogP contribution in [0.1, 0.15) is 18.9 Å². The average molecular weight is 263 g/mol. The lowest BCUT2D eigenvalue weighted by molar-refractivity contribution is -0.167. The van der Waals surface area contributed by atoms with Crippen molar-refractivity contribution in [2.24, 2.45) is 5.92 Å². The molecule has 0 amide bonds. The number of carboxylic acid groups (broad SMARTS) is 1. The molecule has 0 radical (unpaired) electrons. The Hall–Kier alpha value is -1.88. The molecular weight excluding hydrogens is 246 g/mol. The second-order valence-electron chi connectivity index (χ2n) is 4.74. The van der Waals surface area contributed by atoms with Crippen molar-refractivity contribution in [2.75, 3.05) is 0 Å². The van der Waals surface area contributed by atoms with E-state index < -0.39 is 24.0 Å². The van der Waals surface area contributed by atoms with Crippen LogP contribution in [0.5, 0.6) is 0 Å². The van der Waals surface area contributed by atoms with Gasteiger partial charge in [-0.1, -0.05) is 30.3 Å². The lowest BCUT2D eigenvalue weighted by Gasteiger charge is -2.33. The Morgan fingerprint density at radius 2 is 2.11 bits per heavy atom. The number of benzene rings is 1. The van der Waals surface area contributed by atoms with Gasteiger partial charge in [-0.2, -0.15) is 0 Å². The van der Waals surface area contributed by atoms with Crippen LogP contribution in [0.4, 0.5) is 0 Å². The average Bonchev–Trinajstić information content (AvgIpc) is 2.36. The number of hydrogen-bond acceptors (Lipinski definition) is 4. The second kappa shape index (κ2) is 5.84. The third-order valence-electron chi connectivity index (χ3n) is 3.34. The summed E-state index contributed by atoms with van der Waals surface area (Å²) in [7, 11) is 0. The van der Waals surface area contributed by atoms with Gasteiger partial charge in [0.25, 0.3) is 0 Å². The first-order chi connectivity index (χ1) is 9.08. The van der Waals surface area contributed by atoms with Crippen LogP contribution in [0.2, 0.25) is 0 Å². The molecule has 0 saturated carbocycles. The lowest BCUT2D eigenvalue weighted by Crippen LogP contribution is -2.51. The minimum absolute atomic E-state index is 0.0914. The number of carbonyl (C=O) groups excluding carboxylic acids is 1. The van der Waals surface area contributed by atoms with Crippen molar-refractivity contribution >= 4 is 11.9 Å². The number of carbonyl (C=O) groups is 2. The number of esters is 1. The first-order valence-electron chi connectivity index (χ1n) is 6.27. The molecule has 5 heteroatoms. The molecule has 1 fully saturated rings. The van der Waals surface area contributed by atoms with E-state index in [0.717, 1.165) is 5.56 Å². The molecule has 0 aliphatic carbocycles. The molecule has 2 rings (SSSR count). The van der Waals surface area contributed by atoms with Crippen molar-refractivity contribution in [3.8, 4) is 0 Å². The Morgan fingerprint density at radius 1 is 1.42 bits per heavy atom. The smallest absolute Gasteiger partial charge is 0.311 e. The molecule has 102 valence electrons. The summed E-state index contributed by atoms with van der Waals surface area (Å²) in [6, 6.07) is 9.27. The van der Waals surface area contributed by atoms with E-state index in [1.54, 1.807) is 6.92 Å².